The Bertz CT molecular complexity index is 999. The number of nitro groups is 1. The maximum absolute atomic E-state index is 12.7. The molecule has 1 fully saturated rings. The summed E-state index contributed by atoms with van der Waals surface area (Å²) in [6, 6.07) is 8.68. The number of piperazine rings is 1. The monoisotopic (exact) mass is 445 g/mol. The second kappa shape index (κ2) is 9.83. The van der Waals surface area contributed by atoms with Crippen molar-refractivity contribution in [2.24, 2.45) is 0 Å². The summed E-state index contributed by atoms with van der Waals surface area (Å²) in [5.41, 5.74) is 2.02. The molecule has 3 N–H and O–H groups in total. The van der Waals surface area contributed by atoms with Crippen LogP contribution in [0.15, 0.2) is 36.4 Å². The number of methoxy groups -OCH3 is 2. The number of nitro benzene ring substituents is 1. The summed E-state index contributed by atoms with van der Waals surface area (Å²) >= 11 is 0. The quantitative estimate of drug-likeness (QED) is 0.348. The molecule has 1 saturated heterocycles. The molecule has 2 aromatic rings. The van der Waals surface area contributed by atoms with E-state index in [1.165, 1.54) is 31.8 Å². The lowest BCUT2D eigenvalue weighted by Gasteiger charge is -2.35. The molecule has 32 heavy (non-hydrogen) atoms. The average molecular weight is 445 g/mol. The predicted molar refractivity (Wildman–Crippen MR) is 115 cm³/mol. The standard InChI is InChI=1S/C20H23N5O7/c1-31-15-10-14(11-16(12-15)32-2)21-20(27)24-7-5-23(6-8-24)17-4-3-13(19(26)22-28)9-18(17)25(29)30/h3-4,9-12,28H,5-8H2,1-2H3,(H,21,27)(H,22,26). The van der Waals surface area contributed by atoms with Crippen LogP contribution >= 0.6 is 0 Å². The Balaban J connectivity index is 1.68. The number of anilines is 2. The van der Waals surface area contributed by atoms with Crippen molar-refractivity contribution < 1.29 is 29.2 Å². The van der Waals surface area contributed by atoms with Gasteiger partial charge in [-0.3, -0.25) is 20.1 Å². The SMILES string of the molecule is COc1cc(NC(=O)N2CCN(c3ccc(C(=O)NO)cc3[N+](=O)[O-])CC2)cc(OC)c1. The van der Waals surface area contributed by atoms with Gasteiger partial charge < -0.3 is 24.6 Å². The summed E-state index contributed by atoms with van der Waals surface area (Å²) < 4.78 is 10.4. The maximum atomic E-state index is 12.7. The summed E-state index contributed by atoms with van der Waals surface area (Å²) in [6.45, 7) is 1.40. The van der Waals surface area contributed by atoms with E-state index in [0.717, 1.165) is 6.07 Å². The number of carbonyl (C=O) groups excluding carboxylic acids is 2. The van der Waals surface area contributed by atoms with E-state index in [4.69, 9.17) is 14.7 Å². The van der Waals surface area contributed by atoms with Gasteiger partial charge in [0.1, 0.15) is 17.2 Å². The first-order valence-corrected chi connectivity index (χ1v) is 9.63. The van der Waals surface area contributed by atoms with Gasteiger partial charge in [-0.1, -0.05) is 0 Å². The van der Waals surface area contributed by atoms with Crippen molar-refractivity contribution in [1.29, 1.82) is 0 Å². The minimum absolute atomic E-state index is 0.0327. The van der Waals surface area contributed by atoms with Gasteiger partial charge in [0.05, 0.1) is 19.1 Å². The number of hydrogen-bond donors (Lipinski definition) is 3. The largest absolute Gasteiger partial charge is 0.497 e. The van der Waals surface area contributed by atoms with Gasteiger partial charge in [-0.15, -0.1) is 0 Å². The number of urea groups is 1. The molecule has 3 rings (SSSR count). The number of amides is 3. The fourth-order valence-corrected chi connectivity index (χ4v) is 3.38. The van der Waals surface area contributed by atoms with Crippen LogP contribution in [0.25, 0.3) is 0 Å². The number of ether oxygens (including phenoxy) is 2. The number of hydrogen-bond acceptors (Lipinski definition) is 8. The number of benzene rings is 2. The fraction of sp³-hybridized carbons (Fsp3) is 0.300. The van der Waals surface area contributed by atoms with E-state index in [-0.39, 0.29) is 17.3 Å². The molecule has 2 aromatic carbocycles. The minimum Gasteiger partial charge on any atom is -0.497 e. The highest BCUT2D eigenvalue weighted by atomic mass is 16.6. The summed E-state index contributed by atoms with van der Waals surface area (Å²) in [5, 5.41) is 23.0. The van der Waals surface area contributed by atoms with Crippen molar-refractivity contribution in [3.8, 4) is 11.5 Å². The van der Waals surface area contributed by atoms with E-state index in [1.54, 1.807) is 28.0 Å². The van der Waals surface area contributed by atoms with Gasteiger partial charge in [0.2, 0.25) is 0 Å². The third kappa shape index (κ3) is 4.98. The predicted octanol–water partition coefficient (Wildman–Crippen LogP) is 2.09. The van der Waals surface area contributed by atoms with Crippen molar-refractivity contribution in [3.63, 3.8) is 0 Å². The zero-order valence-electron chi connectivity index (χ0n) is 17.5. The van der Waals surface area contributed by atoms with E-state index in [2.05, 4.69) is 5.32 Å². The second-order valence-electron chi connectivity index (χ2n) is 6.91. The van der Waals surface area contributed by atoms with Gasteiger partial charge in [0.25, 0.3) is 11.6 Å². The molecule has 1 heterocycles. The molecular formula is C20H23N5O7. The van der Waals surface area contributed by atoms with Crippen molar-refractivity contribution in [3.05, 3.63) is 52.1 Å². The number of rotatable bonds is 6. The van der Waals surface area contributed by atoms with Crippen LogP contribution in [0.1, 0.15) is 10.4 Å². The summed E-state index contributed by atoms with van der Waals surface area (Å²) in [6.07, 6.45) is 0. The Morgan fingerprint density at radius 2 is 1.66 bits per heavy atom. The maximum Gasteiger partial charge on any atom is 0.321 e. The molecule has 0 saturated carbocycles. The lowest BCUT2D eigenvalue weighted by Crippen LogP contribution is -2.50. The molecule has 1 aliphatic heterocycles. The van der Waals surface area contributed by atoms with Crippen LogP contribution in [0.2, 0.25) is 0 Å². The topological polar surface area (TPSA) is 147 Å². The number of carbonyl (C=O) groups is 2. The van der Waals surface area contributed by atoms with Crippen LogP contribution in [0, 0.1) is 10.1 Å². The van der Waals surface area contributed by atoms with Crippen LogP contribution in [-0.2, 0) is 0 Å². The highest BCUT2D eigenvalue weighted by Gasteiger charge is 2.27. The molecule has 12 heteroatoms. The highest BCUT2D eigenvalue weighted by Crippen LogP contribution is 2.30. The van der Waals surface area contributed by atoms with Crippen molar-refractivity contribution >= 4 is 29.0 Å². The van der Waals surface area contributed by atoms with Crippen LogP contribution in [0.4, 0.5) is 21.9 Å². The number of hydroxylamine groups is 1. The fourth-order valence-electron chi connectivity index (χ4n) is 3.38. The molecule has 0 radical (unpaired) electrons. The van der Waals surface area contributed by atoms with Gasteiger partial charge in [-0.2, -0.15) is 0 Å². The van der Waals surface area contributed by atoms with Crippen LogP contribution in [0.3, 0.4) is 0 Å². The van der Waals surface area contributed by atoms with E-state index in [1.807, 2.05) is 0 Å². The highest BCUT2D eigenvalue weighted by molar-refractivity contribution is 5.95. The van der Waals surface area contributed by atoms with Crippen molar-refractivity contribution in [2.75, 3.05) is 50.6 Å². The van der Waals surface area contributed by atoms with Crippen molar-refractivity contribution in [2.45, 2.75) is 0 Å². The summed E-state index contributed by atoms with van der Waals surface area (Å²) in [7, 11) is 3.03. The number of nitrogens with one attached hydrogen (secondary N) is 2. The molecule has 3 amide bonds. The molecule has 0 aliphatic carbocycles. The zero-order chi connectivity index (χ0) is 23.3. The van der Waals surface area contributed by atoms with Crippen LogP contribution < -0.4 is 25.2 Å². The van der Waals surface area contributed by atoms with E-state index in [0.29, 0.717) is 49.1 Å². The van der Waals surface area contributed by atoms with E-state index in [9.17, 15) is 19.7 Å². The smallest absolute Gasteiger partial charge is 0.321 e. The van der Waals surface area contributed by atoms with E-state index >= 15 is 0 Å². The van der Waals surface area contributed by atoms with Crippen LogP contribution in [-0.4, -0.2) is 67.4 Å². The Morgan fingerprint density at radius 1 is 1.03 bits per heavy atom. The zero-order valence-corrected chi connectivity index (χ0v) is 17.5. The van der Waals surface area contributed by atoms with Gasteiger partial charge in [-0.05, 0) is 12.1 Å². The molecule has 1 aliphatic rings. The number of nitrogens with zero attached hydrogens (tertiary/aromatic N) is 3. The first-order valence-electron chi connectivity index (χ1n) is 9.63. The Labute approximate surface area is 183 Å². The molecule has 0 aromatic heterocycles. The first-order chi connectivity index (χ1) is 15.4. The second-order valence-corrected chi connectivity index (χ2v) is 6.91. The Hall–Kier alpha value is -4.06. The molecular weight excluding hydrogens is 422 g/mol. The van der Waals surface area contributed by atoms with Gasteiger partial charge in [0, 0.05) is 61.7 Å². The van der Waals surface area contributed by atoms with Crippen molar-refractivity contribution in [1.82, 2.24) is 10.4 Å². The molecule has 170 valence electrons. The molecule has 0 spiro atoms. The Morgan fingerprint density at radius 3 is 2.19 bits per heavy atom. The molecule has 0 unspecified atom stereocenters. The first kappa shape index (κ1) is 22.6. The average Bonchev–Trinajstić information content (AvgIpc) is 2.82. The third-order valence-electron chi connectivity index (χ3n) is 5.05. The minimum atomic E-state index is -0.838. The van der Waals surface area contributed by atoms with Gasteiger partial charge in [0.15, 0.2) is 0 Å². The Kier molecular flexibility index (Phi) is 6.95. The van der Waals surface area contributed by atoms with E-state index < -0.39 is 10.8 Å². The molecule has 0 atom stereocenters. The normalized spacial score (nSPS) is 13.3. The lowest BCUT2D eigenvalue weighted by atomic mass is 10.1. The van der Waals surface area contributed by atoms with Gasteiger partial charge >= 0.3 is 6.03 Å². The summed E-state index contributed by atoms with van der Waals surface area (Å²) in [5.74, 6) is 0.237. The van der Waals surface area contributed by atoms with Gasteiger partial charge in [-0.25, -0.2) is 10.3 Å². The summed E-state index contributed by atoms with van der Waals surface area (Å²) in [4.78, 5) is 38.5. The lowest BCUT2D eigenvalue weighted by molar-refractivity contribution is -0.384. The third-order valence-corrected chi connectivity index (χ3v) is 5.05. The van der Waals surface area contributed by atoms with Crippen LogP contribution in [0.5, 0.6) is 11.5 Å². The molecule has 12 nitrogen and oxygen atoms in total. The molecule has 0 bridgehead atoms.